The molecular formula is C11H18N4O7S. The zero-order valence-corrected chi connectivity index (χ0v) is 13.1. The molecule has 0 aromatic carbocycles. The summed E-state index contributed by atoms with van der Waals surface area (Å²) >= 11 is 0.501. The fourth-order valence-corrected chi connectivity index (χ4v) is 1.84. The van der Waals surface area contributed by atoms with Crippen molar-refractivity contribution in [3.8, 4) is 0 Å². The Balaban J connectivity index is 4.47. The molecule has 2 atom stereocenters. The van der Waals surface area contributed by atoms with Crippen LogP contribution in [0.1, 0.15) is 12.8 Å². The highest BCUT2D eigenvalue weighted by molar-refractivity contribution is 7.97. The van der Waals surface area contributed by atoms with Crippen molar-refractivity contribution in [1.29, 1.82) is 0 Å². The van der Waals surface area contributed by atoms with E-state index < -0.39 is 42.4 Å². The molecule has 5 N–H and O–H groups in total. The van der Waals surface area contributed by atoms with Gasteiger partial charge in [-0.3, -0.25) is 19.2 Å². The predicted molar refractivity (Wildman–Crippen MR) is 80.1 cm³/mol. The molecule has 0 aromatic heterocycles. The Morgan fingerprint density at radius 1 is 1.35 bits per heavy atom. The monoisotopic (exact) mass is 350 g/mol. The first-order chi connectivity index (χ1) is 10.8. The summed E-state index contributed by atoms with van der Waals surface area (Å²) in [6, 6.07) is -2.12. The van der Waals surface area contributed by atoms with Gasteiger partial charge in [0.05, 0.1) is 7.11 Å². The van der Waals surface area contributed by atoms with Gasteiger partial charge >= 0.3 is 11.9 Å². The van der Waals surface area contributed by atoms with Gasteiger partial charge in [-0.05, 0) is 6.42 Å². The van der Waals surface area contributed by atoms with Gasteiger partial charge in [-0.2, -0.15) is 0 Å². The van der Waals surface area contributed by atoms with E-state index in [-0.39, 0.29) is 18.6 Å². The molecule has 130 valence electrons. The van der Waals surface area contributed by atoms with E-state index in [9.17, 15) is 24.1 Å². The fraction of sp³-hybridized carbons (Fsp3) is 0.636. The highest BCUT2D eigenvalue weighted by Gasteiger charge is 2.23. The Hall–Kier alpha value is -2.21. The number of methoxy groups -OCH3 is 1. The second-order valence-corrected chi connectivity index (χ2v) is 5.01. The lowest BCUT2D eigenvalue weighted by atomic mass is 10.1. The number of amides is 2. The lowest BCUT2D eigenvalue weighted by molar-refractivity contribution is -0.142. The average molecular weight is 350 g/mol. The molecule has 0 bridgehead atoms. The Morgan fingerprint density at radius 2 is 2.00 bits per heavy atom. The summed E-state index contributed by atoms with van der Waals surface area (Å²) < 4.78 is 6.91. The molecule has 2 amide bonds. The number of nitrogens with two attached hydrogens (primary N) is 1. The van der Waals surface area contributed by atoms with Crippen LogP contribution in [-0.2, 0) is 23.9 Å². The maximum atomic E-state index is 11.7. The number of carboxylic acid groups (broad SMARTS) is 1. The summed E-state index contributed by atoms with van der Waals surface area (Å²) in [4.78, 5) is 55.1. The van der Waals surface area contributed by atoms with Crippen molar-refractivity contribution in [2.75, 3.05) is 19.4 Å². The molecule has 2 unspecified atom stereocenters. The molecule has 0 saturated carbocycles. The molecule has 0 aliphatic heterocycles. The van der Waals surface area contributed by atoms with Crippen LogP contribution in [0.3, 0.4) is 0 Å². The first-order valence-corrected chi connectivity index (χ1v) is 7.33. The predicted octanol–water partition coefficient (Wildman–Crippen LogP) is -1.63. The van der Waals surface area contributed by atoms with Crippen LogP contribution in [0.25, 0.3) is 0 Å². The van der Waals surface area contributed by atoms with Crippen LogP contribution in [0.4, 0.5) is 0 Å². The molecule has 0 rings (SSSR count). The van der Waals surface area contributed by atoms with Crippen LogP contribution < -0.4 is 16.4 Å². The van der Waals surface area contributed by atoms with Crippen molar-refractivity contribution >= 4 is 35.7 Å². The summed E-state index contributed by atoms with van der Waals surface area (Å²) in [5.41, 5.74) is 5.47. The number of ether oxygens (including phenoxy) is 1. The van der Waals surface area contributed by atoms with Crippen LogP contribution in [0.15, 0.2) is 4.58 Å². The number of rotatable bonds is 11. The lowest BCUT2D eigenvalue weighted by Crippen LogP contribution is -2.49. The molecule has 0 radical (unpaired) electrons. The van der Waals surface area contributed by atoms with Crippen molar-refractivity contribution in [3.63, 3.8) is 0 Å². The van der Waals surface area contributed by atoms with E-state index in [0.717, 1.165) is 7.11 Å². The molecule has 0 aliphatic carbocycles. The van der Waals surface area contributed by atoms with E-state index in [1.807, 2.05) is 0 Å². The van der Waals surface area contributed by atoms with Crippen molar-refractivity contribution in [3.05, 3.63) is 4.91 Å². The first kappa shape index (κ1) is 20.8. The third-order valence-electron chi connectivity index (χ3n) is 2.55. The molecule has 23 heavy (non-hydrogen) atoms. The highest BCUT2D eigenvalue weighted by atomic mass is 32.2. The van der Waals surface area contributed by atoms with E-state index >= 15 is 0 Å². The van der Waals surface area contributed by atoms with Crippen LogP contribution in [-0.4, -0.2) is 60.4 Å². The number of esters is 1. The molecule has 0 aromatic rings. The number of aliphatic carboxylic acids is 1. The third-order valence-corrected chi connectivity index (χ3v) is 3.13. The number of carbonyl (C=O) groups excluding carboxylic acids is 3. The Labute approximate surface area is 135 Å². The van der Waals surface area contributed by atoms with Gasteiger partial charge in [0, 0.05) is 28.7 Å². The molecular weight excluding hydrogens is 332 g/mol. The number of carboxylic acids is 1. The van der Waals surface area contributed by atoms with Crippen molar-refractivity contribution < 1.29 is 29.0 Å². The maximum absolute atomic E-state index is 11.7. The standard InChI is InChI=1S/C11H18N4O7S/c1-22-11(20)6(12)2-3-8(16)14-7(5-23-15-21)10(19)13-4-9(17)18/h6-7H,2-5,12H2,1H3,(H,13,19)(H,14,16)(H,17,18). The minimum Gasteiger partial charge on any atom is -0.480 e. The number of nitroso groups, excluding NO2 is 1. The summed E-state index contributed by atoms with van der Waals surface area (Å²) in [6.45, 7) is -0.627. The average Bonchev–Trinajstić information content (AvgIpc) is 2.53. The van der Waals surface area contributed by atoms with Gasteiger partial charge in [0.25, 0.3) is 0 Å². The largest absolute Gasteiger partial charge is 0.480 e. The number of nitrogens with one attached hydrogen (secondary N) is 2. The van der Waals surface area contributed by atoms with Crippen LogP contribution in [0.2, 0.25) is 0 Å². The van der Waals surface area contributed by atoms with Gasteiger partial charge in [0.15, 0.2) is 0 Å². The summed E-state index contributed by atoms with van der Waals surface area (Å²) in [6.07, 6.45) is -0.154. The fourth-order valence-electron chi connectivity index (χ4n) is 1.40. The number of hydrogen-bond donors (Lipinski definition) is 4. The maximum Gasteiger partial charge on any atom is 0.322 e. The van der Waals surface area contributed by atoms with E-state index in [4.69, 9.17) is 10.8 Å². The van der Waals surface area contributed by atoms with Crippen LogP contribution in [0.5, 0.6) is 0 Å². The first-order valence-electron chi connectivity index (χ1n) is 6.38. The summed E-state index contributed by atoms with van der Waals surface area (Å²) in [5, 5.41) is 12.9. The molecule has 0 heterocycles. The zero-order chi connectivity index (χ0) is 17.8. The minimum absolute atomic E-state index is 0.00104. The summed E-state index contributed by atoms with van der Waals surface area (Å²) in [5.74, 6) is -3.45. The number of nitrogens with zero attached hydrogens (tertiary/aromatic N) is 1. The lowest BCUT2D eigenvalue weighted by Gasteiger charge is -2.16. The van der Waals surface area contributed by atoms with Gasteiger partial charge in [-0.25, -0.2) is 0 Å². The van der Waals surface area contributed by atoms with Gasteiger partial charge < -0.3 is 26.2 Å². The second kappa shape index (κ2) is 11.4. The number of carbonyl (C=O) groups is 4. The van der Waals surface area contributed by atoms with E-state index in [0.29, 0.717) is 11.9 Å². The van der Waals surface area contributed by atoms with E-state index in [2.05, 4.69) is 20.0 Å². The molecule has 0 fully saturated rings. The van der Waals surface area contributed by atoms with Gasteiger partial charge in [0.2, 0.25) is 11.8 Å². The Bertz CT molecular complexity index is 460. The third kappa shape index (κ3) is 9.42. The van der Waals surface area contributed by atoms with E-state index in [1.54, 1.807) is 0 Å². The van der Waals surface area contributed by atoms with E-state index in [1.165, 1.54) is 0 Å². The molecule has 12 heteroatoms. The van der Waals surface area contributed by atoms with Gasteiger partial charge in [0.1, 0.15) is 18.6 Å². The highest BCUT2D eigenvalue weighted by Crippen LogP contribution is 2.05. The normalized spacial score (nSPS) is 12.6. The SMILES string of the molecule is COC(=O)C(N)CCC(=O)NC(CSN=O)C(=O)NCC(=O)O. The van der Waals surface area contributed by atoms with Crippen LogP contribution >= 0.6 is 11.9 Å². The molecule has 0 saturated heterocycles. The van der Waals surface area contributed by atoms with Crippen molar-refractivity contribution in [2.45, 2.75) is 24.9 Å². The molecule has 0 spiro atoms. The van der Waals surface area contributed by atoms with Crippen molar-refractivity contribution in [1.82, 2.24) is 10.6 Å². The number of hydrogen-bond acceptors (Lipinski definition) is 9. The molecule has 11 nitrogen and oxygen atoms in total. The van der Waals surface area contributed by atoms with Gasteiger partial charge in [-0.15, -0.1) is 4.91 Å². The Kier molecular flexibility index (Phi) is 10.3. The molecule has 0 aliphatic rings. The zero-order valence-electron chi connectivity index (χ0n) is 12.3. The second-order valence-electron chi connectivity index (χ2n) is 4.27. The Morgan fingerprint density at radius 3 is 2.52 bits per heavy atom. The van der Waals surface area contributed by atoms with Gasteiger partial charge in [-0.1, -0.05) is 0 Å². The van der Waals surface area contributed by atoms with Crippen molar-refractivity contribution in [2.24, 2.45) is 10.3 Å². The minimum atomic E-state index is -1.26. The topological polar surface area (TPSA) is 177 Å². The van der Waals surface area contributed by atoms with Crippen LogP contribution in [0, 0.1) is 4.91 Å². The summed E-state index contributed by atoms with van der Waals surface area (Å²) in [7, 11) is 1.16. The quantitative estimate of drug-likeness (QED) is 0.193. The smallest absolute Gasteiger partial charge is 0.322 e.